The van der Waals surface area contributed by atoms with Crippen LogP contribution in [0.3, 0.4) is 0 Å². The van der Waals surface area contributed by atoms with Crippen LogP contribution in [-0.4, -0.2) is 48.0 Å². The number of halogens is 1. The summed E-state index contributed by atoms with van der Waals surface area (Å²) in [5.74, 6) is 0.565. The number of likely N-dealkylation sites (tertiary alicyclic amines) is 1. The van der Waals surface area contributed by atoms with Gasteiger partial charge in [-0.3, -0.25) is 15.1 Å². The van der Waals surface area contributed by atoms with Gasteiger partial charge in [0.1, 0.15) is 16.5 Å². The maximum atomic E-state index is 15.0. The average Bonchev–Trinajstić information content (AvgIpc) is 3.44. The highest BCUT2D eigenvalue weighted by Crippen LogP contribution is 2.28. The minimum absolute atomic E-state index is 0.278. The second kappa shape index (κ2) is 9.08. The number of nitrogens with zero attached hydrogens (tertiary/aromatic N) is 4. The highest BCUT2D eigenvalue weighted by Gasteiger charge is 2.28. The predicted octanol–water partition coefficient (Wildman–Crippen LogP) is 3.75. The van der Waals surface area contributed by atoms with Crippen LogP contribution in [0.5, 0.6) is 0 Å². The summed E-state index contributed by atoms with van der Waals surface area (Å²) in [6.45, 7) is 3.99. The molecule has 2 aliphatic rings. The van der Waals surface area contributed by atoms with Gasteiger partial charge in [0.15, 0.2) is 6.17 Å². The number of furan rings is 1. The van der Waals surface area contributed by atoms with E-state index in [2.05, 4.69) is 10.2 Å². The van der Waals surface area contributed by atoms with Crippen molar-refractivity contribution in [1.29, 1.82) is 0 Å². The summed E-state index contributed by atoms with van der Waals surface area (Å²) in [6, 6.07) is 9.91. The number of amidine groups is 1. The largest absolute Gasteiger partial charge is 0.433 e. The zero-order valence-electron chi connectivity index (χ0n) is 16.5. The van der Waals surface area contributed by atoms with E-state index in [1.54, 1.807) is 18.2 Å². The molecule has 2 aromatic rings. The van der Waals surface area contributed by atoms with Crippen LogP contribution < -0.4 is 10.4 Å². The maximum absolute atomic E-state index is 15.0. The maximum Gasteiger partial charge on any atom is 0.433 e. The SMILES string of the molecule is O=[N+]([O-])c1ccc(C=CC2NC(=NCCCN3CCCC3)c3ccccc3N2F)o1. The van der Waals surface area contributed by atoms with Gasteiger partial charge in [-0.1, -0.05) is 16.6 Å². The molecule has 1 atom stereocenters. The number of rotatable bonds is 7. The van der Waals surface area contributed by atoms with Crippen LogP contribution >= 0.6 is 0 Å². The average molecular weight is 413 g/mol. The standard InChI is InChI=1S/C21H24FN5O3/c22-26-18-7-2-1-6-17(18)21(23-12-5-15-25-13-3-4-14-25)24-19(26)10-8-16-9-11-20(30-16)27(28)29/h1-2,6-11,19H,3-5,12-15H2,(H,23,24). The van der Waals surface area contributed by atoms with E-state index < -0.39 is 11.1 Å². The fourth-order valence-electron chi connectivity index (χ4n) is 3.75. The van der Waals surface area contributed by atoms with E-state index in [0.29, 0.717) is 28.8 Å². The lowest BCUT2D eigenvalue weighted by molar-refractivity contribution is -0.402. The number of hydrogen-bond donors (Lipinski definition) is 1. The zero-order valence-corrected chi connectivity index (χ0v) is 16.5. The van der Waals surface area contributed by atoms with Gasteiger partial charge < -0.3 is 14.6 Å². The van der Waals surface area contributed by atoms with Gasteiger partial charge in [-0.05, 0) is 69.2 Å². The number of hydrogen-bond acceptors (Lipinski definition) is 6. The summed E-state index contributed by atoms with van der Waals surface area (Å²) >= 11 is 0. The number of anilines is 1. The molecule has 1 fully saturated rings. The van der Waals surface area contributed by atoms with Crippen molar-refractivity contribution in [3.8, 4) is 0 Å². The normalized spacial score (nSPS) is 20.6. The molecule has 1 N–H and O–H groups in total. The van der Waals surface area contributed by atoms with Crippen molar-refractivity contribution in [2.75, 3.05) is 31.3 Å². The van der Waals surface area contributed by atoms with E-state index in [0.717, 1.165) is 26.1 Å². The van der Waals surface area contributed by atoms with Gasteiger partial charge in [-0.2, -0.15) is 5.12 Å². The minimum atomic E-state index is -0.804. The van der Waals surface area contributed by atoms with Crippen molar-refractivity contribution >= 4 is 23.5 Å². The lowest BCUT2D eigenvalue weighted by Crippen LogP contribution is -2.48. The molecule has 2 aliphatic heterocycles. The lowest BCUT2D eigenvalue weighted by Gasteiger charge is -2.32. The number of nitro groups is 1. The Morgan fingerprint density at radius 2 is 2.07 bits per heavy atom. The van der Waals surface area contributed by atoms with Crippen molar-refractivity contribution in [1.82, 2.24) is 10.2 Å². The summed E-state index contributed by atoms with van der Waals surface area (Å²) in [5.41, 5.74) is 1.13. The second-order valence-corrected chi connectivity index (χ2v) is 7.34. The first kappa shape index (κ1) is 20.1. The highest BCUT2D eigenvalue weighted by atomic mass is 19.2. The van der Waals surface area contributed by atoms with Gasteiger partial charge in [0, 0.05) is 12.1 Å². The van der Waals surface area contributed by atoms with E-state index in [4.69, 9.17) is 9.41 Å². The van der Waals surface area contributed by atoms with E-state index in [1.165, 1.54) is 31.1 Å². The Bertz CT molecular complexity index is 952. The van der Waals surface area contributed by atoms with Crippen molar-refractivity contribution < 1.29 is 13.8 Å². The van der Waals surface area contributed by atoms with Gasteiger partial charge in [0.25, 0.3) is 0 Å². The Balaban J connectivity index is 1.47. The molecule has 1 aromatic heterocycles. The molecule has 30 heavy (non-hydrogen) atoms. The molecule has 1 aromatic carbocycles. The first-order valence-corrected chi connectivity index (χ1v) is 10.1. The molecule has 3 heterocycles. The third-order valence-electron chi connectivity index (χ3n) is 5.25. The number of benzene rings is 1. The molecule has 158 valence electrons. The van der Waals surface area contributed by atoms with Crippen LogP contribution in [0.2, 0.25) is 0 Å². The summed E-state index contributed by atoms with van der Waals surface area (Å²) in [4.78, 5) is 17.3. The Morgan fingerprint density at radius 1 is 1.27 bits per heavy atom. The van der Waals surface area contributed by atoms with Crippen molar-refractivity contribution in [2.45, 2.75) is 25.4 Å². The lowest BCUT2D eigenvalue weighted by atomic mass is 10.1. The highest BCUT2D eigenvalue weighted by molar-refractivity contribution is 6.05. The van der Waals surface area contributed by atoms with E-state index in [9.17, 15) is 14.6 Å². The van der Waals surface area contributed by atoms with Crippen LogP contribution in [0.1, 0.15) is 30.6 Å². The number of fused-ring (bicyclic) bond motifs is 1. The molecule has 0 amide bonds. The van der Waals surface area contributed by atoms with Gasteiger partial charge in [-0.15, -0.1) is 0 Å². The van der Waals surface area contributed by atoms with Gasteiger partial charge in [0.05, 0.1) is 11.8 Å². The quantitative estimate of drug-likeness (QED) is 0.322. The molecule has 0 saturated carbocycles. The summed E-state index contributed by atoms with van der Waals surface area (Å²) < 4.78 is 20.1. The fraction of sp³-hybridized carbons (Fsp3) is 0.381. The van der Waals surface area contributed by atoms with Gasteiger partial charge >= 0.3 is 5.88 Å². The van der Waals surface area contributed by atoms with Crippen LogP contribution in [0.4, 0.5) is 16.1 Å². The zero-order chi connectivity index (χ0) is 20.9. The number of nitrogens with one attached hydrogen (secondary N) is 1. The van der Waals surface area contributed by atoms with Crippen LogP contribution in [0.15, 0.2) is 51.9 Å². The molecule has 0 aliphatic carbocycles. The first-order chi connectivity index (χ1) is 14.6. The van der Waals surface area contributed by atoms with E-state index >= 15 is 0 Å². The van der Waals surface area contributed by atoms with Crippen molar-refractivity contribution in [2.24, 2.45) is 4.99 Å². The van der Waals surface area contributed by atoms with Crippen LogP contribution in [-0.2, 0) is 0 Å². The molecule has 0 radical (unpaired) electrons. The fourth-order valence-corrected chi connectivity index (χ4v) is 3.75. The second-order valence-electron chi connectivity index (χ2n) is 7.34. The molecule has 1 saturated heterocycles. The molecule has 9 heteroatoms. The summed E-state index contributed by atoms with van der Waals surface area (Å²) in [5, 5.41) is 14.5. The molecule has 0 bridgehead atoms. The van der Waals surface area contributed by atoms with Crippen molar-refractivity contribution in [3.63, 3.8) is 0 Å². The molecular formula is C21H24FN5O3. The van der Waals surface area contributed by atoms with Crippen LogP contribution in [0.25, 0.3) is 6.08 Å². The van der Waals surface area contributed by atoms with Crippen LogP contribution in [0, 0.1) is 10.1 Å². The van der Waals surface area contributed by atoms with E-state index in [-0.39, 0.29) is 11.6 Å². The Kier molecular flexibility index (Phi) is 6.08. The Labute approximate surface area is 173 Å². The summed E-state index contributed by atoms with van der Waals surface area (Å²) in [6.07, 6.45) is 5.74. The predicted molar refractivity (Wildman–Crippen MR) is 113 cm³/mol. The van der Waals surface area contributed by atoms with Gasteiger partial charge in [0.2, 0.25) is 0 Å². The van der Waals surface area contributed by atoms with E-state index in [1.807, 2.05) is 12.1 Å². The van der Waals surface area contributed by atoms with Gasteiger partial charge in [-0.25, -0.2) is 0 Å². The molecule has 4 rings (SSSR count). The smallest absolute Gasteiger partial charge is 0.401 e. The topological polar surface area (TPSA) is 87.1 Å². The minimum Gasteiger partial charge on any atom is -0.401 e. The first-order valence-electron chi connectivity index (χ1n) is 10.1. The molecule has 0 spiro atoms. The molecule has 1 unspecified atom stereocenters. The Hall–Kier alpha value is -3.20. The third-order valence-corrected chi connectivity index (χ3v) is 5.25. The number of para-hydroxylation sites is 1. The molecular weight excluding hydrogens is 389 g/mol. The number of aliphatic imine (C=N–C) groups is 1. The summed E-state index contributed by atoms with van der Waals surface area (Å²) in [7, 11) is 0. The Morgan fingerprint density at radius 3 is 2.83 bits per heavy atom. The monoisotopic (exact) mass is 413 g/mol. The molecule has 8 nitrogen and oxygen atoms in total. The van der Waals surface area contributed by atoms with Crippen molar-refractivity contribution in [3.05, 3.63) is 63.9 Å². The third kappa shape index (κ3) is 4.51.